The standard InChI is InChI=1S/C13H13Br2NO2S/c1-8(4-5-9-3-2-6-18-9)16-13(17)11-7-10(14)12(15)19-11/h2-3,6-8H,4-5H2,1H3,(H,16,17). The summed E-state index contributed by atoms with van der Waals surface area (Å²) in [5, 5.41) is 2.99. The van der Waals surface area contributed by atoms with Crippen LogP contribution in [0.4, 0.5) is 0 Å². The first-order chi connectivity index (χ1) is 9.06. The van der Waals surface area contributed by atoms with Crippen molar-refractivity contribution in [2.24, 2.45) is 0 Å². The molecule has 6 heteroatoms. The van der Waals surface area contributed by atoms with Crippen molar-refractivity contribution in [2.75, 3.05) is 0 Å². The number of rotatable bonds is 5. The Labute approximate surface area is 132 Å². The van der Waals surface area contributed by atoms with Crippen molar-refractivity contribution < 1.29 is 9.21 Å². The molecule has 0 fully saturated rings. The number of carbonyl (C=O) groups excluding carboxylic acids is 1. The molecule has 0 spiro atoms. The summed E-state index contributed by atoms with van der Waals surface area (Å²) < 4.78 is 7.11. The number of hydrogen-bond acceptors (Lipinski definition) is 3. The summed E-state index contributed by atoms with van der Waals surface area (Å²) in [5.41, 5.74) is 0. The third-order valence-corrected chi connectivity index (χ3v) is 5.91. The maximum atomic E-state index is 12.0. The van der Waals surface area contributed by atoms with Gasteiger partial charge in [-0.2, -0.15) is 0 Å². The number of carbonyl (C=O) groups is 1. The van der Waals surface area contributed by atoms with Gasteiger partial charge in [0.1, 0.15) is 5.76 Å². The van der Waals surface area contributed by atoms with Crippen LogP contribution >= 0.6 is 43.2 Å². The predicted octanol–water partition coefficient (Wildman–Crippen LogP) is 4.62. The second-order valence-electron chi connectivity index (χ2n) is 4.22. The van der Waals surface area contributed by atoms with Gasteiger partial charge in [0, 0.05) is 16.9 Å². The fourth-order valence-electron chi connectivity index (χ4n) is 1.64. The van der Waals surface area contributed by atoms with Crippen molar-refractivity contribution in [1.29, 1.82) is 0 Å². The predicted molar refractivity (Wildman–Crippen MR) is 83.7 cm³/mol. The van der Waals surface area contributed by atoms with Gasteiger partial charge in [0.25, 0.3) is 5.91 Å². The van der Waals surface area contributed by atoms with Crippen molar-refractivity contribution in [2.45, 2.75) is 25.8 Å². The fraction of sp³-hybridized carbons (Fsp3) is 0.308. The molecule has 1 atom stereocenters. The summed E-state index contributed by atoms with van der Waals surface area (Å²) in [5.74, 6) is 0.908. The van der Waals surface area contributed by atoms with Crippen molar-refractivity contribution in [3.8, 4) is 0 Å². The van der Waals surface area contributed by atoms with Gasteiger partial charge in [-0.3, -0.25) is 4.79 Å². The van der Waals surface area contributed by atoms with Crippen molar-refractivity contribution in [3.05, 3.63) is 43.4 Å². The van der Waals surface area contributed by atoms with Gasteiger partial charge in [0.2, 0.25) is 0 Å². The molecule has 1 unspecified atom stereocenters. The number of amides is 1. The van der Waals surface area contributed by atoms with E-state index in [2.05, 4.69) is 37.2 Å². The zero-order valence-corrected chi connectivity index (χ0v) is 14.3. The lowest BCUT2D eigenvalue weighted by atomic mass is 10.1. The Kier molecular flexibility index (Phi) is 5.24. The highest BCUT2D eigenvalue weighted by Crippen LogP contribution is 2.32. The van der Waals surface area contributed by atoms with Gasteiger partial charge in [-0.1, -0.05) is 0 Å². The molecule has 2 aromatic rings. The van der Waals surface area contributed by atoms with Gasteiger partial charge >= 0.3 is 0 Å². The van der Waals surface area contributed by atoms with E-state index in [9.17, 15) is 4.79 Å². The molecule has 3 nitrogen and oxygen atoms in total. The van der Waals surface area contributed by atoms with Crippen LogP contribution in [0.15, 0.2) is 37.1 Å². The Morgan fingerprint density at radius 2 is 2.32 bits per heavy atom. The van der Waals surface area contributed by atoms with E-state index in [-0.39, 0.29) is 11.9 Å². The molecule has 0 aromatic carbocycles. The Morgan fingerprint density at radius 1 is 1.53 bits per heavy atom. The summed E-state index contributed by atoms with van der Waals surface area (Å²) in [6, 6.07) is 5.75. The fourth-order valence-corrected chi connectivity index (χ4v) is 3.58. The lowest BCUT2D eigenvalue weighted by molar-refractivity contribution is 0.0942. The van der Waals surface area contributed by atoms with Crippen LogP contribution in [0, 0.1) is 0 Å². The van der Waals surface area contributed by atoms with E-state index in [0.29, 0.717) is 4.88 Å². The largest absolute Gasteiger partial charge is 0.469 e. The molecular weight excluding hydrogens is 394 g/mol. The Morgan fingerprint density at radius 3 is 2.89 bits per heavy atom. The van der Waals surface area contributed by atoms with Crippen molar-refractivity contribution in [1.82, 2.24) is 5.32 Å². The molecule has 2 heterocycles. The molecule has 1 N–H and O–H groups in total. The summed E-state index contributed by atoms with van der Waals surface area (Å²) in [7, 11) is 0. The molecule has 0 saturated carbocycles. The summed E-state index contributed by atoms with van der Waals surface area (Å²) in [6.45, 7) is 2.00. The lowest BCUT2D eigenvalue weighted by Gasteiger charge is -2.12. The van der Waals surface area contributed by atoms with E-state index in [4.69, 9.17) is 4.42 Å². The van der Waals surface area contributed by atoms with Crippen LogP contribution in [0.2, 0.25) is 0 Å². The summed E-state index contributed by atoms with van der Waals surface area (Å²) in [4.78, 5) is 12.7. The molecule has 0 saturated heterocycles. The molecule has 102 valence electrons. The van der Waals surface area contributed by atoms with Crippen LogP contribution in [-0.4, -0.2) is 11.9 Å². The molecule has 1 amide bonds. The molecule has 0 aliphatic carbocycles. The van der Waals surface area contributed by atoms with Crippen LogP contribution in [0.1, 0.15) is 28.8 Å². The normalized spacial score (nSPS) is 12.4. The topological polar surface area (TPSA) is 42.2 Å². The van der Waals surface area contributed by atoms with Gasteiger partial charge in [-0.05, 0) is 63.4 Å². The molecular formula is C13H13Br2NO2S. The van der Waals surface area contributed by atoms with Crippen molar-refractivity contribution in [3.63, 3.8) is 0 Å². The van der Waals surface area contributed by atoms with Gasteiger partial charge in [-0.25, -0.2) is 0 Å². The smallest absolute Gasteiger partial charge is 0.261 e. The van der Waals surface area contributed by atoms with Gasteiger partial charge in [0.05, 0.1) is 14.9 Å². The van der Waals surface area contributed by atoms with Gasteiger partial charge in [0.15, 0.2) is 0 Å². The van der Waals surface area contributed by atoms with E-state index in [0.717, 1.165) is 26.9 Å². The monoisotopic (exact) mass is 405 g/mol. The molecule has 0 aliphatic heterocycles. The summed E-state index contributed by atoms with van der Waals surface area (Å²) in [6.07, 6.45) is 3.35. The van der Waals surface area contributed by atoms with Crippen LogP contribution in [-0.2, 0) is 6.42 Å². The summed E-state index contributed by atoms with van der Waals surface area (Å²) >= 11 is 8.18. The average Bonchev–Trinajstić information content (AvgIpc) is 2.98. The van der Waals surface area contributed by atoms with Crippen LogP contribution in [0.3, 0.4) is 0 Å². The molecule has 2 rings (SSSR count). The van der Waals surface area contributed by atoms with Crippen LogP contribution in [0.5, 0.6) is 0 Å². The zero-order valence-electron chi connectivity index (χ0n) is 10.3. The van der Waals surface area contributed by atoms with Crippen molar-refractivity contribution >= 4 is 49.1 Å². The first-order valence-electron chi connectivity index (χ1n) is 5.84. The number of halogens is 2. The first-order valence-corrected chi connectivity index (χ1v) is 8.24. The van der Waals surface area contributed by atoms with E-state index in [1.807, 2.05) is 25.1 Å². The number of hydrogen-bond donors (Lipinski definition) is 1. The molecule has 0 bridgehead atoms. The van der Waals surface area contributed by atoms with E-state index in [1.165, 1.54) is 11.3 Å². The second-order valence-corrected chi connectivity index (χ2v) is 7.45. The Hall–Kier alpha value is -0.590. The quantitative estimate of drug-likeness (QED) is 0.787. The van der Waals surface area contributed by atoms with E-state index < -0.39 is 0 Å². The first kappa shape index (κ1) is 14.8. The third-order valence-electron chi connectivity index (χ3n) is 2.65. The molecule has 0 radical (unpaired) electrons. The number of nitrogens with one attached hydrogen (secondary N) is 1. The highest BCUT2D eigenvalue weighted by Gasteiger charge is 2.14. The minimum atomic E-state index is -0.0386. The maximum absolute atomic E-state index is 12.0. The number of furan rings is 1. The number of thiophene rings is 1. The van der Waals surface area contributed by atoms with Gasteiger partial charge < -0.3 is 9.73 Å². The number of aryl methyl sites for hydroxylation is 1. The highest BCUT2D eigenvalue weighted by atomic mass is 79.9. The highest BCUT2D eigenvalue weighted by molar-refractivity contribution is 9.13. The van der Waals surface area contributed by atoms with Crippen LogP contribution < -0.4 is 5.32 Å². The minimum Gasteiger partial charge on any atom is -0.469 e. The van der Waals surface area contributed by atoms with E-state index >= 15 is 0 Å². The third kappa shape index (κ3) is 4.19. The second kappa shape index (κ2) is 6.72. The van der Waals surface area contributed by atoms with E-state index in [1.54, 1.807) is 6.26 Å². The average molecular weight is 407 g/mol. The lowest BCUT2D eigenvalue weighted by Crippen LogP contribution is -2.32. The van der Waals surface area contributed by atoms with Crippen LogP contribution in [0.25, 0.3) is 0 Å². The molecule has 2 aromatic heterocycles. The SMILES string of the molecule is CC(CCc1ccco1)NC(=O)c1cc(Br)c(Br)s1. The molecule has 19 heavy (non-hydrogen) atoms. The Bertz CT molecular complexity index is 531. The van der Waals surface area contributed by atoms with Gasteiger partial charge in [-0.15, -0.1) is 11.3 Å². The molecule has 0 aliphatic rings. The minimum absolute atomic E-state index is 0.0386. The zero-order chi connectivity index (χ0) is 13.8. The Balaban J connectivity index is 1.84. The maximum Gasteiger partial charge on any atom is 0.261 e.